The van der Waals surface area contributed by atoms with E-state index in [1.54, 1.807) is 40.5 Å². The zero-order valence-corrected chi connectivity index (χ0v) is 17.5. The molecule has 3 aromatic rings. The van der Waals surface area contributed by atoms with Gasteiger partial charge in [0.25, 0.3) is 15.9 Å². The summed E-state index contributed by atoms with van der Waals surface area (Å²) in [6.45, 7) is 2.88. The highest BCUT2D eigenvalue weighted by molar-refractivity contribution is 7.92. The predicted octanol–water partition coefficient (Wildman–Crippen LogP) is 4.86. The number of halogens is 1. The minimum absolute atomic E-state index is 0.0742. The maximum Gasteiger partial charge on any atom is 0.261 e. The second-order valence-corrected chi connectivity index (χ2v) is 9.15. The van der Waals surface area contributed by atoms with Gasteiger partial charge >= 0.3 is 0 Å². The first-order valence-electron chi connectivity index (χ1n) is 8.60. The average Bonchev–Trinajstić information content (AvgIpc) is 3.19. The first-order chi connectivity index (χ1) is 13.4. The van der Waals surface area contributed by atoms with Crippen LogP contribution in [0.1, 0.15) is 22.2 Å². The Kier molecular flexibility index (Phi) is 6.39. The largest absolute Gasteiger partial charge is 0.334 e. The minimum atomic E-state index is -3.85. The summed E-state index contributed by atoms with van der Waals surface area (Å²) in [5.74, 6) is -0.231. The number of nitrogens with zero attached hydrogens (tertiary/aromatic N) is 1. The monoisotopic (exact) mass is 434 g/mol. The van der Waals surface area contributed by atoms with E-state index in [9.17, 15) is 13.2 Å². The lowest BCUT2D eigenvalue weighted by Gasteiger charge is -2.22. The molecule has 0 aliphatic carbocycles. The molecule has 2 aromatic carbocycles. The molecule has 0 spiro atoms. The molecule has 0 aliphatic rings. The van der Waals surface area contributed by atoms with Crippen molar-refractivity contribution in [3.05, 3.63) is 81.5 Å². The summed E-state index contributed by atoms with van der Waals surface area (Å²) >= 11 is 7.41. The first kappa shape index (κ1) is 20.4. The van der Waals surface area contributed by atoms with Crippen molar-refractivity contribution in [1.29, 1.82) is 0 Å². The smallest absolute Gasteiger partial charge is 0.261 e. The van der Waals surface area contributed by atoms with E-state index in [1.165, 1.54) is 24.3 Å². The summed E-state index contributed by atoms with van der Waals surface area (Å²) in [5.41, 5.74) is 0.547. The fourth-order valence-corrected chi connectivity index (χ4v) is 4.59. The van der Waals surface area contributed by atoms with Crippen molar-refractivity contribution in [2.75, 3.05) is 11.3 Å². The van der Waals surface area contributed by atoms with Crippen LogP contribution in [0.15, 0.2) is 70.9 Å². The van der Waals surface area contributed by atoms with Gasteiger partial charge in [-0.1, -0.05) is 29.8 Å². The molecule has 1 amide bonds. The number of sulfonamides is 1. The van der Waals surface area contributed by atoms with Gasteiger partial charge in [-0.05, 0) is 54.8 Å². The molecule has 0 aliphatic heterocycles. The van der Waals surface area contributed by atoms with E-state index in [0.29, 0.717) is 23.7 Å². The lowest BCUT2D eigenvalue weighted by atomic mass is 10.1. The summed E-state index contributed by atoms with van der Waals surface area (Å²) in [4.78, 5) is 15.9. The molecule has 5 nitrogen and oxygen atoms in total. The SMILES string of the molecule is CCN(Cc1cccs1)C(=O)c1ccccc1NS(=O)(=O)c1ccc(Cl)cc1. The first-order valence-corrected chi connectivity index (χ1v) is 11.3. The third-order valence-corrected chi connectivity index (χ3v) is 6.62. The van der Waals surface area contributed by atoms with Crippen LogP contribution in [0.5, 0.6) is 0 Å². The lowest BCUT2D eigenvalue weighted by molar-refractivity contribution is 0.0755. The Morgan fingerprint density at radius 1 is 1.07 bits per heavy atom. The zero-order chi connectivity index (χ0) is 20.1. The Morgan fingerprint density at radius 2 is 1.79 bits per heavy atom. The Morgan fingerprint density at radius 3 is 2.43 bits per heavy atom. The van der Waals surface area contributed by atoms with Crippen molar-refractivity contribution in [2.45, 2.75) is 18.4 Å². The number of carbonyl (C=O) groups is 1. The van der Waals surface area contributed by atoms with Crippen molar-refractivity contribution < 1.29 is 13.2 Å². The number of nitrogens with one attached hydrogen (secondary N) is 1. The van der Waals surface area contributed by atoms with Gasteiger partial charge in [0.15, 0.2) is 0 Å². The normalized spacial score (nSPS) is 11.2. The zero-order valence-electron chi connectivity index (χ0n) is 15.1. The molecule has 0 radical (unpaired) electrons. The van der Waals surface area contributed by atoms with Crippen molar-refractivity contribution in [1.82, 2.24) is 4.90 Å². The van der Waals surface area contributed by atoms with Gasteiger partial charge < -0.3 is 4.90 Å². The number of para-hydroxylation sites is 1. The Hall–Kier alpha value is -2.35. The number of thiophene rings is 1. The van der Waals surface area contributed by atoms with E-state index in [-0.39, 0.29) is 16.5 Å². The van der Waals surface area contributed by atoms with E-state index < -0.39 is 10.0 Å². The van der Waals surface area contributed by atoms with E-state index in [2.05, 4.69) is 4.72 Å². The number of carbonyl (C=O) groups excluding carboxylic acids is 1. The maximum absolute atomic E-state index is 13.1. The van der Waals surface area contributed by atoms with Crippen LogP contribution in [-0.4, -0.2) is 25.8 Å². The highest BCUT2D eigenvalue weighted by Gasteiger charge is 2.22. The standard InChI is InChI=1S/C20H19ClN2O3S2/c1-2-23(14-16-6-5-13-27-16)20(24)18-7-3-4-8-19(18)22-28(25,26)17-11-9-15(21)10-12-17/h3-13,22H,2,14H2,1H3. The van der Waals surface area contributed by atoms with Gasteiger partial charge in [-0.15, -0.1) is 11.3 Å². The summed E-state index contributed by atoms with van der Waals surface area (Å²) < 4.78 is 27.9. The van der Waals surface area contributed by atoms with Crippen LogP contribution < -0.4 is 4.72 Å². The highest BCUT2D eigenvalue weighted by atomic mass is 35.5. The average molecular weight is 435 g/mol. The number of amides is 1. The summed E-state index contributed by atoms with van der Waals surface area (Å²) in [7, 11) is -3.85. The van der Waals surface area contributed by atoms with Gasteiger partial charge in [-0.3, -0.25) is 9.52 Å². The molecule has 3 rings (SSSR count). The third-order valence-electron chi connectivity index (χ3n) is 4.12. The summed E-state index contributed by atoms with van der Waals surface area (Å²) in [5, 5.41) is 2.41. The van der Waals surface area contributed by atoms with Crippen LogP contribution in [0.3, 0.4) is 0 Å². The Bertz CT molecular complexity index is 1050. The van der Waals surface area contributed by atoms with Crippen LogP contribution in [0.2, 0.25) is 5.02 Å². The van der Waals surface area contributed by atoms with Gasteiger partial charge in [0.05, 0.1) is 22.7 Å². The molecule has 1 N–H and O–H groups in total. The highest BCUT2D eigenvalue weighted by Crippen LogP contribution is 2.23. The molecule has 0 saturated heterocycles. The van der Waals surface area contributed by atoms with E-state index >= 15 is 0 Å². The summed E-state index contributed by atoms with van der Waals surface area (Å²) in [6, 6.07) is 16.4. The Labute approximate surface area is 173 Å². The predicted molar refractivity (Wildman–Crippen MR) is 113 cm³/mol. The van der Waals surface area contributed by atoms with Crippen LogP contribution in [0, 0.1) is 0 Å². The molecular weight excluding hydrogens is 416 g/mol. The molecule has 146 valence electrons. The fourth-order valence-electron chi connectivity index (χ4n) is 2.66. The van der Waals surface area contributed by atoms with Crippen molar-refractivity contribution >= 4 is 44.6 Å². The van der Waals surface area contributed by atoms with Gasteiger partial charge in [-0.25, -0.2) is 8.42 Å². The fraction of sp³-hybridized carbons (Fsp3) is 0.150. The van der Waals surface area contributed by atoms with Gasteiger partial charge in [0.2, 0.25) is 0 Å². The van der Waals surface area contributed by atoms with Gasteiger partial charge in [-0.2, -0.15) is 0 Å². The van der Waals surface area contributed by atoms with E-state index in [0.717, 1.165) is 4.88 Å². The van der Waals surface area contributed by atoms with Crippen LogP contribution in [-0.2, 0) is 16.6 Å². The molecule has 28 heavy (non-hydrogen) atoms. The van der Waals surface area contributed by atoms with Gasteiger partial charge in [0.1, 0.15) is 0 Å². The minimum Gasteiger partial charge on any atom is -0.334 e. The van der Waals surface area contributed by atoms with Crippen molar-refractivity contribution in [2.24, 2.45) is 0 Å². The summed E-state index contributed by atoms with van der Waals surface area (Å²) in [6.07, 6.45) is 0. The third kappa shape index (κ3) is 4.73. The molecule has 0 saturated carbocycles. The number of benzene rings is 2. The molecule has 0 fully saturated rings. The lowest BCUT2D eigenvalue weighted by Crippen LogP contribution is -2.31. The maximum atomic E-state index is 13.1. The number of hydrogen-bond acceptors (Lipinski definition) is 4. The molecule has 0 atom stereocenters. The molecule has 0 bridgehead atoms. The van der Waals surface area contributed by atoms with Crippen LogP contribution in [0.4, 0.5) is 5.69 Å². The second-order valence-electron chi connectivity index (χ2n) is 6.00. The topological polar surface area (TPSA) is 66.5 Å². The molecule has 0 unspecified atom stereocenters. The quantitative estimate of drug-likeness (QED) is 0.577. The van der Waals surface area contributed by atoms with Crippen molar-refractivity contribution in [3.8, 4) is 0 Å². The van der Waals surface area contributed by atoms with Gasteiger partial charge in [0, 0.05) is 16.4 Å². The van der Waals surface area contributed by atoms with Crippen LogP contribution in [0.25, 0.3) is 0 Å². The van der Waals surface area contributed by atoms with E-state index in [1.807, 2.05) is 24.4 Å². The molecule has 8 heteroatoms. The molecular formula is C20H19ClN2O3S2. The van der Waals surface area contributed by atoms with E-state index in [4.69, 9.17) is 11.6 Å². The second kappa shape index (κ2) is 8.77. The van der Waals surface area contributed by atoms with Crippen molar-refractivity contribution in [3.63, 3.8) is 0 Å². The van der Waals surface area contributed by atoms with Crippen LogP contribution >= 0.6 is 22.9 Å². The number of anilines is 1. The number of rotatable bonds is 7. The number of hydrogen-bond donors (Lipinski definition) is 1. The molecule has 1 heterocycles. The Balaban J connectivity index is 1.88. The molecule has 1 aromatic heterocycles.